The largest absolute Gasteiger partial charge is 0.357 e. The van der Waals surface area contributed by atoms with E-state index in [0.717, 1.165) is 43.7 Å². The number of pyridine rings is 1. The van der Waals surface area contributed by atoms with Gasteiger partial charge in [0.2, 0.25) is 0 Å². The van der Waals surface area contributed by atoms with Gasteiger partial charge < -0.3 is 15.2 Å². The maximum Gasteiger partial charge on any atom is 0.259 e. The fraction of sp³-hybridized carbons (Fsp3) is 0.588. The monoisotopic (exact) mass is 313 g/mol. The fourth-order valence-corrected chi connectivity index (χ4v) is 3.32. The van der Waals surface area contributed by atoms with Crippen molar-refractivity contribution in [3.63, 3.8) is 0 Å². The van der Waals surface area contributed by atoms with Gasteiger partial charge in [-0.2, -0.15) is 4.98 Å². The second-order valence-corrected chi connectivity index (χ2v) is 6.74. The Kier molecular flexibility index (Phi) is 3.77. The molecule has 23 heavy (non-hydrogen) atoms. The lowest BCUT2D eigenvalue weighted by Crippen LogP contribution is -2.44. The minimum Gasteiger partial charge on any atom is -0.357 e. The molecule has 2 N–H and O–H groups in total. The molecule has 2 fully saturated rings. The summed E-state index contributed by atoms with van der Waals surface area (Å²) in [7, 11) is 0. The van der Waals surface area contributed by atoms with Crippen molar-refractivity contribution in [2.24, 2.45) is 5.73 Å². The molecule has 122 valence electrons. The van der Waals surface area contributed by atoms with Crippen molar-refractivity contribution in [3.05, 3.63) is 24.2 Å². The van der Waals surface area contributed by atoms with E-state index >= 15 is 0 Å². The highest BCUT2D eigenvalue weighted by Gasteiger charge is 2.39. The normalized spacial score (nSPS) is 20.8. The number of rotatable bonds is 3. The molecular weight excluding hydrogens is 290 g/mol. The summed E-state index contributed by atoms with van der Waals surface area (Å²) in [6.07, 6.45) is 9.94. The first-order valence-electron chi connectivity index (χ1n) is 8.59. The summed E-state index contributed by atoms with van der Waals surface area (Å²) in [5, 5.41) is 4.06. The SMILES string of the molecule is NC1(c2noc(-c3ccc(N4CCCCCC4)nc3)n2)CCC1. The molecule has 0 unspecified atom stereocenters. The van der Waals surface area contributed by atoms with Crippen LogP contribution in [-0.4, -0.2) is 28.2 Å². The van der Waals surface area contributed by atoms with Crippen LogP contribution >= 0.6 is 0 Å². The maximum absolute atomic E-state index is 6.24. The lowest BCUT2D eigenvalue weighted by Gasteiger charge is -2.34. The Morgan fingerprint density at radius 1 is 1.04 bits per heavy atom. The first-order valence-corrected chi connectivity index (χ1v) is 8.59. The number of hydrogen-bond acceptors (Lipinski definition) is 6. The van der Waals surface area contributed by atoms with Crippen LogP contribution in [0, 0.1) is 0 Å². The average Bonchev–Trinajstić information content (AvgIpc) is 2.89. The van der Waals surface area contributed by atoms with E-state index in [2.05, 4.69) is 20.0 Å². The Hall–Kier alpha value is -1.95. The molecule has 0 radical (unpaired) electrons. The summed E-state index contributed by atoms with van der Waals surface area (Å²) in [5.74, 6) is 2.16. The summed E-state index contributed by atoms with van der Waals surface area (Å²) < 4.78 is 5.38. The molecule has 2 aromatic rings. The van der Waals surface area contributed by atoms with E-state index in [0.29, 0.717) is 11.7 Å². The molecule has 0 atom stereocenters. The Labute approximate surface area is 136 Å². The van der Waals surface area contributed by atoms with Gasteiger partial charge in [-0.3, -0.25) is 0 Å². The van der Waals surface area contributed by atoms with Gasteiger partial charge in [0.1, 0.15) is 5.82 Å². The van der Waals surface area contributed by atoms with Crippen LogP contribution in [-0.2, 0) is 5.54 Å². The van der Waals surface area contributed by atoms with Crippen LogP contribution in [0.5, 0.6) is 0 Å². The van der Waals surface area contributed by atoms with Crippen molar-refractivity contribution >= 4 is 5.82 Å². The number of aromatic nitrogens is 3. The maximum atomic E-state index is 6.24. The molecule has 1 saturated heterocycles. The molecular formula is C17H23N5O. The Morgan fingerprint density at radius 2 is 1.83 bits per heavy atom. The van der Waals surface area contributed by atoms with E-state index in [1.165, 1.54) is 25.7 Å². The fourth-order valence-electron chi connectivity index (χ4n) is 3.32. The molecule has 6 nitrogen and oxygen atoms in total. The van der Waals surface area contributed by atoms with Crippen molar-refractivity contribution in [3.8, 4) is 11.5 Å². The van der Waals surface area contributed by atoms with E-state index in [9.17, 15) is 0 Å². The van der Waals surface area contributed by atoms with Crippen molar-refractivity contribution in [1.29, 1.82) is 0 Å². The smallest absolute Gasteiger partial charge is 0.259 e. The van der Waals surface area contributed by atoms with Crippen LogP contribution in [0.1, 0.15) is 50.8 Å². The summed E-state index contributed by atoms with van der Waals surface area (Å²) in [4.78, 5) is 11.4. The molecule has 1 aliphatic heterocycles. The van der Waals surface area contributed by atoms with E-state index in [4.69, 9.17) is 10.3 Å². The van der Waals surface area contributed by atoms with Crippen molar-refractivity contribution in [1.82, 2.24) is 15.1 Å². The number of nitrogens with zero attached hydrogens (tertiary/aromatic N) is 4. The highest BCUT2D eigenvalue weighted by atomic mass is 16.5. The first-order chi connectivity index (χ1) is 11.2. The quantitative estimate of drug-likeness (QED) is 0.938. The van der Waals surface area contributed by atoms with Gasteiger partial charge in [0.25, 0.3) is 5.89 Å². The molecule has 4 rings (SSSR count). The van der Waals surface area contributed by atoms with E-state index in [1.54, 1.807) is 0 Å². The highest BCUT2D eigenvalue weighted by molar-refractivity contribution is 5.54. The van der Waals surface area contributed by atoms with Crippen LogP contribution < -0.4 is 10.6 Å². The topological polar surface area (TPSA) is 81.1 Å². The van der Waals surface area contributed by atoms with Crippen molar-refractivity contribution in [2.75, 3.05) is 18.0 Å². The molecule has 0 bridgehead atoms. The van der Waals surface area contributed by atoms with E-state index in [-0.39, 0.29) is 5.54 Å². The highest BCUT2D eigenvalue weighted by Crippen LogP contribution is 2.37. The zero-order valence-corrected chi connectivity index (χ0v) is 13.4. The van der Waals surface area contributed by atoms with Crippen LogP contribution in [0.25, 0.3) is 11.5 Å². The average molecular weight is 313 g/mol. The molecule has 1 saturated carbocycles. The summed E-state index contributed by atoms with van der Waals surface area (Å²) in [6, 6.07) is 4.06. The van der Waals surface area contributed by atoms with E-state index < -0.39 is 0 Å². The lowest BCUT2D eigenvalue weighted by atomic mass is 9.77. The van der Waals surface area contributed by atoms with Gasteiger partial charge in [-0.05, 0) is 44.2 Å². The molecule has 0 amide bonds. The molecule has 0 aromatic carbocycles. The predicted octanol–water partition coefficient (Wildman–Crippen LogP) is 2.85. The van der Waals surface area contributed by atoms with Gasteiger partial charge in [0, 0.05) is 19.3 Å². The number of anilines is 1. The van der Waals surface area contributed by atoms with Crippen molar-refractivity contribution < 1.29 is 4.52 Å². The Balaban J connectivity index is 1.51. The first kappa shape index (κ1) is 14.6. The second kappa shape index (κ2) is 5.92. The number of hydrogen-bond donors (Lipinski definition) is 1. The summed E-state index contributed by atoms with van der Waals surface area (Å²) >= 11 is 0. The third-order valence-electron chi connectivity index (χ3n) is 5.04. The Bertz CT molecular complexity index is 654. The van der Waals surface area contributed by atoms with Gasteiger partial charge in [0.15, 0.2) is 5.82 Å². The van der Waals surface area contributed by atoms with Gasteiger partial charge in [-0.25, -0.2) is 4.98 Å². The predicted molar refractivity (Wildman–Crippen MR) is 87.9 cm³/mol. The molecule has 2 aromatic heterocycles. The van der Waals surface area contributed by atoms with Crippen LogP contribution in [0.4, 0.5) is 5.82 Å². The third-order valence-corrected chi connectivity index (χ3v) is 5.04. The Morgan fingerprint density at radius 3 is 2.43 bits per heavy atom. The van der Waals surface area contributed by atoms with E-state index in [1.807, 2.05) is 18.3 Å². The zero-order chi connectivity index (χ0) is 15.7. The minimum absolute atomic E-state index is 0.388. The van der Waals surface area contributed by atoms with Crippen molar-refractivity contribution in [2.45, 2.75) is 50.5 Å². The lowest BCUT2D eigenvalue weighted by molar-refractivity contribution is 0.229. The molecule has 1 aliphatic carbocycles. The van der Waals surface area contributed by atoms with Gasteiger partial charge in [-0.15, -0.1) is 0 Å². The third kappa shape index (κ3) is 2.83. The second-order valence-electron chi connectivity index (χ2n) is 6.74. The molecule has 3 heterocycles. The van der Waals surface area contributed by atoms with Crippen LogP contribution in [0.15, 0.2) is 22.9 Å². The molecule has 6 heteroatoms. The zero-order valence-electron chi connectivity index (χ0n) is 13.4. The van der Waals surface area contributed by atoms with Crippen LogP contribution in [0.3, 0.4) is 0 Å². The van der Waals surface area contributed by atoms with Gasteiger partial charge in [-0.1, -0.05) is 18.0 Å². The standard InChI is InChI=1S/C17H23N5O/c18-17(8-5-9-17)16-20-15(23-21-16)13-6-7-14(19-12-13)22-10-3-1-2-4-11-22/h6-7,12H,1-5,8-11,18H2. The number of nitrogens with two attached hydrogens (primary N) is 1. The minimum atomic E-state index is -0.388. The van der Waals surface area contributed by atoms with Crippen LogP contribution in [0.2, 0.25) is 0 Å². The van der Waals surface area contributed by atoms with Gasteiger partial charge in [0.05, 0.1) is 11.1 Å². The summed E-state index contributed by atoms with van der Waals surface area (Å²) in [5.41, 5.74) is 6.71. The molecule has 2 aliphatic rings. The van der Waals surface area contributed by atoms with Gasteiger partial charge >= 0.3 is 0 Å². The summed E-state index contributed by atoms with van der Waals surface area (Å²) in [6.45, 7) is 2.18. The molecule has 0 spiro atoms.